The summed E-state index contributed by atoms with van der Waals surface area (Å²) in [5.41, 5.74) is 1.18. The van der Waals surface area contributed by atoms with Crippen molar-refractivity contribution in [1.29, 1.82) is 0 Å². The van der Waals surface area contributed by atoms with Gasteiger partial charge in [-0.1, -0.05) is 13.8 Å². The van der Waals surface area contributed by atoms with Gasteiger partial charge in [0.15, 0.2) is 0 Å². The average molecular weight is 308 g/mol. The van der Waals surface area contributed by atoms with Gasteiger partial charge in [-0.3, -0.25) is 9.59 Å². The predicted octanol–water partition coefficient (Wildman–Crippen LogP) is 2.33. The van der Waals surface area contributed by atoms with E-state index in [0.29, 0.717) is 5.92 Å². The zero-order valence-corrected chi connectivity index (χ0v) is 14.0. The van der Waals surface area contributed by atoms with Gasteiger partial charge < -0.3 is 10.2 Å². The molecule has 1 aromatic rings. The van der Waals surface area contributed by atoms with E-state index in [1.165, 1.54) is 10.4 Å². The third-order valence-electron chi connectivity index (χ3n) is 3.76. The molecule has 0 saturated carbocycles. The topological polar surface area (TPSA) is 49.4 Å². The smallest absolute Gasteiger partial charge is 0.263 e. The van der Waals surface area contributed by atoms with Crippen LogP contribution in [0.15, 0.2) is 6.07 Å². The maximum atomic E-state index is 12.2. The van der Waals surface area contributed by atoms with Crippen molar-refractivity contribution in [3.05, 3.63) is 21.4 Å². The molecule has 4 nitrogen and oxygen atoms in total. The molecule has 5 heteroatoms. The van der Waals surface area contributed by atoms with E-state index in [9.17, 15) is 9.59 Å². The molecule has 0 unspecified atom stereocenters. The molecular formula is C16H24N2O2S. The first-order chi connectivity index (χ1) is 9.88. The van der Waals surface area contributed by atoms with E-state index in [4.69, 9.17) is 0 Å². The zero-order valence-electron chi connectivity index (χ0n) is 13.2. The minimum Gasteiger partial charge on any atom is -0.356 e. The predicted molar refractivity (Wildman–Crippen MR) is 85.7 cm³/mol. The first-order valence-corrected chi connectivity index (χ1v) is 8.31. The van der Waals surface area contributed by atoms with Crippen LogP contribution >= 0.6 is 11.3 Å². The standard InChI is InChI=1S/C16H24N2O2S/c1-10(2)9-17-15(19)11-5-6-13-12(7-11)8-14(21-13)16(20)18(3)4/h8,10-11H,5-7,9H2,1-4H3,(H,17,19)/t11-/m0/s1. The van der Waals surface area contributed by atoms with E-state index in [-0.39, 0.29) is 17.7 Å². The Hall–Kier alpha value is -1.36. The van der Waals surface area contributed by atoms with Gasteiger partial charge in [0.1, 0.15) is 0 Å². The maximum Gasteiger partial charge on any atom is 0.263 e. The van der Waals surface area contributed by atoms with Crippen molar-refractivity contribution in [2.45, 2.75) is 33.1 Å². The zero-order chi connectivity index (χ0) is 15.6. The molecule has 1 aromatic heterocycles. The minimum atomic E-state index is 0.0492. The molecule has 0 saturated heterocycles. The van der Waals surface area contributed by atoms with Gasteiger partial charge in [0.25, 0.3) is 5.91 Å². The molecule has 0 radical (unpaired) electrons. The molecule has 2 rings (SSSR count). The lowest BCUT2D eigenvalue weighted by atomic mass is 9.87. The first kappa shape index (κ1) is 16.0. The quantitative estimate of drug-likeness (QED) is 0.928. The Morgan fingerprint density at radius 2 is 2.14 bits per heavy atom. The van der Waals surface area contributed by atoms with E-state index in [1.54, 1.807) is 30.3 Å². The van der Waals surface area contributed by atoms with Crippen molar-refractivity contribution in [2.24, 2.45) is 11.8 Å². The number of hydrogen-bond acceptors (Lipinski definition) is 3. The van der Waals surface area contributed by atoms with Crippen LogP contribution in [0.1, 0.15) is 40.4 Å². The van der Waals surface area contributed by atoms with Crippen LogP contribution in [0.25, 0.3) is 0 Å². The Labute approximate surface area is 130 Å². The van der Waals surface area contributed by atoms with E-state index in [2.05, 4.69) is 19.2 Å². The van der Waals surface area contributed by atoms with Crippen molar-refractivity contribution in [1.82, 2.24) is 10.2 Å². The fourth-order valence-electron chi connectivity index (χ4n) is 2.52. The molecule has 1 N–H and O–H groups in total. The van der Waals surface area contributed by atoms with Crippen LogP contribution in [0.3, 0.4) is 0 Å². The lowest BCUT2D eigenvalue weighted by Gasteiger charge is -2.21. The summed E-state index contributed by atoms with van der Waals surface area (Å²) in [5.74, 6) is 0.725. The van der Waals surface area contributed by atoms with Crippen molar-refractivity contribution in [3.63, 3.8) is 0 Å². The molecule has 21 heavy (non-hydrogen) atoms. The Bertz CT molecular complexity index is 534. The van der Waals surface area contributed by atoms with Crippen LogP contribution < -0.4 is 5.32 Å². The summed E-state index contributed by atoms with van der Waals surface area (Å²) < 4.78 is 0. The van der Waals surface area contributed by atoms with Gasteiger partial charge in [-0.05, 0) is 36.8 Å². The SMILES string of the molecule is CC(C)CNC(=O)[C@H]1CCc2sc(C(=O)N(C)C)cc2C1. The van der Waals surface area contributed by atoms with Gasteiger partial charge in [-0.15, -0.1) is 11.3 Å². The fraction of sp³-hybridized carbons (Fsp3) is 0.625. The van der Waals surface area contributed by atoms with Crippen molar-refractivity contribution in [3.8, 4) is 0 Å². The highest BCUT2D eigenvalue weighted by Gasteiger charge is 2.27. The van der Waals surface area contributed by atoms with Crippen molar-refractivity contribution < 1.29 is 9.59 Å². The molecule has 116 valence electrons. The molecule has 0 fully saturated rings. The Kier molecular flexibility index (Phi) is 5.04. The highest BCUT2D eigenvalue weighted by Crippen LogP contribution is 2.32. The molecule has 1 aliphatic carbocycles. The van der Waals surface area contributed by atoms with Crippen LogP contribution in [0.4, 0.5) is 0 Å². The summed E-state index contributed by atoms with van der Waals surface area (Å²) in [4.78, 5) is 27.8. The maximum absolute atomic E-state index is 12.2. The number of hydrogen-bond donors (Lipinski definition) is 1. The summed E-state index contributed by atoms with van der Waals surface area (Å²) in [5, 5.41) is 3.02. The molecule has 0 aliphatic heterocycles. The minimum absolute atomic E-state index is 0.0492. The third-order valence-corrected chi connectivity index (χ3v) is 4.98. The monoisotopic (exact) mass is 308 g/mol. The highest BCUT2D eigenvalue weighted by molar-refractivity contribution is 7.14. The van der Waals surface area contributed by atoms with Crippen LogP contribution in [-0.4, -0.2) is 37.4 Å². The number of thiophene rings is 1. The van der Waals surface area contributed by atoms with E-state index < -0.39 is 0 Å². The van der Waals surface area contributed by atoms with E-state index in [0.717, 1.165) is 30.7 Å². The van der Waals surface area contributed by atoms with Gasteiger partial charge in [-0.2, -0.15) is 0 Å². The number of nitrogens with zero attached hydrogens (tertiary/aromatic N) is 1. The molecular weight excluding hydrogens is 284 g/mol. The second kappa shape index (κ2) is 6.60. The molecule has 1 heterocycles. The van der Waals surface area contributed by atoms with Gasteiger partial charge in [-0.25, -0.2) is 0 Å². The van der Waals surface area contributed by atoms with Gasteiger partial charge in [0.2, 0.25) is 5.91 Å². The van der Waals surface area contributed by atoms with Crippen molar-refractivity contribution in [2.75, 3.05) is 20.6 Å². The number of rotatable bonds is 4. The van der Waals surface area contributed by atoms with E-state index >= 15 is 0 Å². The third kappa shape index (κ3) is 3.84. The summed E-state index contributed by atoms with van der Waals surface area (Å²) in [7, 11) is 3.53. The van der Waals surface area contributed by atoms with Crippen LogP contribution in [-0.2, 0) is 17.6 Å². The van der Waals surface area contributed by atoms with Crippen LogP contribution in [0, 0.1) is 11.8 Å². The molecule has 2 amide bonds. The lowest BCUT2D eigenvalue weighted by Crippen LogP contribution is -2.35. The molecule has 1 atom stereocenters. The molecule has 1 aliphatic rings. The molecule has 0 spiro atoms. The van der Waals surface area contributed by atoms with Crippen LogP contribution in [0.2, 0.25) is 0 Å². The number of aryl methyl sites for hydroxylation is 1. The fourth-order valence-corrected chi connectivity index (χ4v) is 3.75. The van der Waals surface area contributed by atoms with Crippen LogP contribution in [0.5, 0.6) is 0 Å². The number of fused-ring (bicyclic) bond motifs is 1. The molecule has 0 aromatic carbocycles. The number of amides is 2. The van der Waals surface area contributed by atoms with Crippen molar-refractivity contribution >= 4 is 23.2 Å². The van der Waals surface area contributed by atoms with Gasteiger partial charge >= 0.3 is 0 Å². The summed E-state index contributed by atoms with van der Waals surface area (Å²) >= 11 is 1.58. The van der Waals surface area contributed by atoms with Gasteiger partial charge in [0.05, 0.1) is 4.88 Å². The Morgan fingerprint density at radius 1 is 1.43 bits per heavy atom. The lowest BCUT2D eigenvalue weighted by molar-refractivity contribution is -0.125. The average Bonchev–Trinajstić information content (AvgIpc) is 2.86. The number of carbonyl (C=O) groups excluding carboxylic acids is 2. The number of carbonyl (C=O) groups is 2. The highest BCUT2D eigenvalue weighted by atomic mass is 32.1. The normalized spacial score (nSPS) is 17.5. The Morgan fingerprint density at radius 3 is 2.76 bits per heavy atom. The van der Waals surface area contributed by atoms with E-state index in [1.807, 2.05) is 6.07 Å². The first-order valence-electron chi connectivity index (χ1n) is 7.49. The Balaban J connectivity index is 2.03. The van der Waals surface area contributed by atoms with Gasteiger partial charge in [0, 0.05) is 31.4 Å². The number of nitrogens with one attached hydrogen (secondary N) is 1. The largest absolute Gasteiger partial charge is 0.356 e. The molecule has 0 bridgehead atoms. The summed E-state index contributed by atoms with van der Waals surface area (Å²) in [6, 6.07) is 1.98. The summed E-state index contributed by atoms with van der Waals surface area (Å²) in [6.45, 7) is 4.92. The summed E-state index contributed by atoms with van der Waals surface area (Å²) in [6.07, 6.45) is 2.55. The second-order valence-electron chi connectivity index (χ2n) is 6.34. The second-order valence-corrected chi connectivity index (χ2v) is 7.47.